The number of nitrogens with one attached hydrogen (secondary N) is 1. The molecule has 0 spiro atoms. The first-order valence-corrected chi connectivity index (χ1v) is 10.0. The Kier molecular flexibility index (Phi) is 4.93. The van der Waals surface area contributed by atoms with Gasteiger partial charge in [0, 0.05) is 42.4 Å². The lowest BCUT2D eigenvalue weighted by atomic mass is 10.0. The van der Waals surface area contributed by atoms with Crippen molar-refractivity contribution in [3.63, 3.8) is 0 Å². The van der Waals surface area contributed by atoms with Gasteiger partial charge in [0.1, 0.15) is 18.0 Å². The standard InChI is InChI=1S/C24H17F2N5O2/c1-13(32)28-18-7-16(20-5-4-17(25)10-21(20)26)8-19(11-18)31-12-27-22-9-15(3-6-23(22)31)24-29-14(2)33-30-24/h3-12H,1-2H3,(H,28,32). The van der Waals surface area contributed by atoms with Gasteiger partial charge < -0.3 is 9.84 Å². The van der Waals surface area contributed by atoms with Gasteiger partial charge in [-0.2, -0.15) is 4.98 Å². The number of aromatic nitrogens is 4. The molecule has 9 heteroatoms. The minimum atomic E-state index is -0.698. The predicted octanol–water partition coefficient (Wildman–Crippen LogP) is 5.29. The summed E-state index contributed by atoms with van der Waals surface area (Å²) in [6, 6.07) is 14.1. The van der Waals surface area contributed by atoms with E-state index in [0.29, 0.717) is 34.2 Å². The van der Waals surface area contributed by atoms with Crippen molar-refractivity contribution >= 4 is 22.6 Å². The summed E-state index contributed by atoms with van der Waals surface area (Å²) in [6.45, 7) is 3.10. The molecule has 0 saturated heterocycles. The number of carbonyl (C=O) groups is 1. The Balaban J connectivity index is 1.64. The van der Waals surface area contributed by atoms with E-state index in [9.17, 15) is 13.6 Å². The van der Waals surface area contributed by atoms with Gasteiger partial charge in [0.2, 0.25) is 17.6 Å². The molecule has 1 amide bonds. The average Bonchev–Trinajstić information content (AvgIpc) is 3.38. The molecule has 0 saturated carbocycles. The number of halogens is 2. The number of rotatable bonds is 4. The highest BCUT2D eigenvalue weighted by atomic mass is 19.1. The van der Waals surface area contributed by atoms with Crippen LogP contribution in [0.25, 0.3) is 39.2 Å². The van der Waals surface area contributed by atoms with Gasteiger partial charge in [-0.05, 0) is 54.1 Å². The lowest BCUT2D eigenvalue weighted by Gasteiger charge is -2.13. The zero-order valence-electron chi connectivity index (χ0n) is 17.6. The van der Waals surface area contributed by atoms with Crippen molar-refractivity contribution in [1.82, 2.24) is 19.7 Å². The summed E-state index contributed by atoms with van der Waals surface area (Å²) in [5.41, 5.74) is 4.04. The maximum absolute atomic E-state index is 14.5. The smallest absolute Gasteiger partial charge is 0.223 e. The first-order chi connectivity index (χ1) is 15.9. The molecule has 0 unspecified atom stereocenters. The molecule has 5 aromatic rings. The van der Waals surface area contributed by atoms with Crippen LogP contribution in [-0.4, -0.2) is 25.6 Å². The summed E-state index contributed by atoms with van der Waals surface area (Å²) >= 11 is 0. The molecule has 164 valence electrons. The Morgan fingerprint density at radius 3 is 2.61 bits per heavy atom. The van der Waals surface area contributed by atoms with Crippen LogP contribution < -0.4 is 5.32 Å². The maximum Gasteiger partial charge on any atom is 0.223 e. The van der Waals surface area contributed by atoms with E-state index < -0.39 is 11.6 Å². The first kappa shape index (κ1) is 20.5. The van der Waals surface area contributed by atoms with Gasteiger partial charge in [0.25, 0.3) is 0 Å². The van der Waals surface area contributed by atoms with Gasteiger partial charge in [-0.15, -0.1) is 0 Å². The summed E-state index contributed by atoms with van der Waals surface area (Å²) in [6.07, 6.45) is 1.63. The van der Waals surface area contributed by atoms with Crippen LogP contribution in [-0.2, 0) is 4.79 Å². The van der Waals surface area contributed by atoms with Crippen LogP contribution in [0.15, 0.2) is 65.4 Å². The maximum atomic E-state index is 14.5. The second-order valence-electron chi connectivity index (χ2n) is 7.53. The van der Waals surface area contributed by atoms with Crippen molar-refractivity contribution in [3.05, 3.63) is 78.4 Å². The van der Waals surface area contributed by atoms with E-state index >= 15 is 0 Å². The van der Waals surface area contributed by atoms with Crippen LogP contribution >= 0.6 is 0 Å². The van der Waals surface area contributed by atoms with E-state index in [2.05, 4.69) is 20.4 Å². The molecule has 0 radical (unpaired) electrons. The largest absolute Gasteiger partial charge is 0.339 e. The van der Waals surface area contributed by atoms with Crippen molar-refractivity contribution in [2.24, 2.45) is 0 Å². The minimum absolute atomic E-state index is 0.212. The Morgan fingerprint density at radius 1 is 1.03 bits per heavy atom. The number of anilines is 1. The molecule has 0 bridgehead atoms. The van der Waals surface area contributed by atoms with Crippen molar-refractivity contribution in [2.45, 2.75) is 13.8 Å². The van der Waals surface area contributed by atoms with E-state index in [1.54, 1.807) is 31.5 Å². The average molecular weight is 445 g/mol. The van der Waals surface area contributed by atoms with Crippen molar-refractivity contribution in [2.75, 3.05) is 5.32 Å². The summed E-state index contributed by atoms with van der Waals surface area (Å²) in [5, 5.41) is 6.67. The van der Waals surface area contributed by atoms with Crippen molar-refractivity contribution in [1.29, 1.82) is 0 Å². The number of nitrogens with zero attached hydrogens (tertiary/aromatic N) is 4. The zero-order chi connectivity index (χ0) is 23.1. The van der Waals surface area contributed by atoms with E-state index in [-0.39, 0.29) is 11.5 Å². The Labute approximate surface area is 186 Å². The number of imidazole rings is 1. The van der Waals surface area contributed by atoms with Gasteiger partial charge >= 0.3 is 0 Å². The van der Waals surface area contributed by atoms with Crippen molar-refractivity contribution < 1.29 is 18.1 Å². The second kappa shape index (κ2) is 7.94. The molecule has 0 atom stereocenters. The molecule has 7 nitrogen and oxygen atoms in total. The Hall–Kier alpha value is -4.40. The lowest BCUT2D eigenvalue weighted by molar-refractivity contribution is -0.114. The third kappa shape index (κ3) is 3.96. The Morgan fingerprint density at radius 2 is 1.88 bits per heavy atom. The molecule has 0 aliphatic rings. The van der Waals surface area contributed by atoms with Crippen molar-refractivity contribution in [3.8, 4) is 28.2 Å². The third-order valence-corrected chi connectivity index (χ3v) is 5.09. The molecule has 2 aromatic heterocycles. The van der Waals surface area contributed by atoms with Crippen LogP contribution in [0.3, 0.4) is 0 Å². The summed E-state index contributed by atoms with van der Waals surface area (Å²) in [5.74, 6) is -0.705. The highest BCUT2D eigenvalue weighted by Gasteiger charge is 2.14. The fourth-order valence-corrected chi connectivity index (χ4v) is 3.68. The van der Waals surface area contributed by atoms with Gasteiger partial charge in [-0.1, -0.05) is 5.16 Å². The minimum Gasteiger partial charge on any atom is -0.339 e. The molecule has 0 aliphatic heterocycles. The molecular weight excluding hydrogens is 428 g/mol. The second-order valence-corrected chi connectivity index (χ2v) is 7.53. The molecule has 0 aliphatic carbocycles. The van der Waals surface area contributed by atoms with Crippen LogP contribution in [0.2, 0.25) is 0 Å². The molecule has 2 heterocycles. The van der Waals surface area contributed by atoms with Crippen LogP contribution in [0.1, 0.15) is 12.8 Å². The first-order valence-electron chi connectivity index (χ1n) is 10.0. The lowest BCUT2D eigenvalue weighted by Crippen LogP contribution is -2.07. The number of carbonyl (C=O) groups excluding carboxylic acids is 1. The highest BCUT2D eigenvalue weighted by molar-refractivity contribution is 5.91. The van der Waals surface area contributed by atoms with Crippen LogP contribution in [0, 0.1) is 18.6 Å². The summed E-state index contributed by atoms with van der Waals surface area (Å²) in [7, 11) is 0. The van der Waals surface area contributed by atoms with E-state index in [0.717, 1.165) is 17.1 Å². The molecule has 1 N–H and O–H groups in total. The van der Waals surface area contributed by atoms with E-state index in [1.165, 1.54) is 19.1 Å². The monoisotopic (exact) mass is 445 g/mol. The number of hydrogen-bond acceptors (Lipinski definition) is 5. The highest BCUT2D eigenvalue weighted by Crippen LogP contribution is 2.31. The van der Waals surface area contributed by atoms with Gasteiger partial charge in [-0.3, -0.25) is 9.36 Å². The molecule has 33 heavy (non-hydrogen) atoms. The number of aryl methyl sites for hydroxylation is 1. The fourth-order valence-electron chi connectivity index (χ4n) is 3.68. The molecule has 5 rings (SSSR count). The topological polar surface area (TPSA) is 85.8 Å². The number of hydrogen-bond donors (Lipinski definition) is 1. The number of fused-ring (bicyclic) bond motifs is 1. The van der Waals surface area contributed by atoms with E-state index in [1.807, 2.05) is 22.8 Å². The zero-order valence-corrected chi connectivity index (χ0v) is 17.6. The fraction of sp³-hybridized carbons (Fsp3) is 0.0833. The van der Waals surface area contributed by atoms with Gasteiger partial charge in [0.15, 0.2) is 0 Å². The normalized spacial score (nSPS) is 11.2. The summed E-state index contributed by atoms with van der Waals surface area (Å²) < 4.78 is 34.8. The van der Waals surface area contributed by atoms with Gasteiger partial charge in [-0.25, -0.2) is 13.8 Å². The summed E-state index contributed by atoms with van der Waals surface area (Å²) in [4.78, 5) is 20.4. The molecular formula is C24H17F2N5O2. The quantitative estimate of drug-likeness (QED) is 0.406. The van der Waals surface area contributed by atoms with Gasteiger partial charge in [0.05, 0.1) is 11.0 Å². The molecule has 3 aromatic carbocycles. The molecule has 0 fully saturated rings. The predicted molar refractivity (Wildman–Crippen MR) is 119 cm³/mol. The SMILES string of the molecule is CC(=O)Nc1cc(-c2ccc(F)cc2F)cc(-n2cnc3cc(-c4noc(C)n4)ccc32)c1. The number of amides is 1. The van der Waals surface area contributed by atoms with Crippen LogP contribution in [0.5, 0.6) is 0 Å². The Bertz CT molecular complexity index is 1520. The van der Waals surface area contributed by atoms with Crippen LogP contribution in [0.4, 0.5) is 14.5 Å². The number of benzene rings is 3. The third-order valence-electron chi connectivity index (χ3n) is 5.09. The van der Waals surface area contributed by atoms with E-state index in [4.69, 9.17) is 4.52 Å².